The highest BCUT2D eigenvalue weighted by atomic mass is 35.5. The summed E-state index contributed by atoms with van der Waals surface area (Å²) in [6, 6.07) is 4.10. The van der Waals surface area contributed by atoms with Gasteiger partial charge in [0.25, 0.3) is 5.91 Å². The average molecular weight is 272 g/mol. The third kappa shape index (κ3) is 2.78. The Morgan fingerprint density at radius 1 is 1.47 bits per heavy atom. The fraction of sp³-hybridized carbons (Fsp3) is 0.100. The Hall–Kier alpha value is -1.53. The quantitative estimate of drug-likeness (QED) is 0.914. The van der Waals surface area contributed by atoms with Crippen LogP contribution >= 0.6 is 22.9 Å². The highest BCUT2D eigenvalue weighted by Crippen LogP contribution is 2.19. The molecule has 0 saturated heterocycles. The van der Waals surface area contributed by atoms with Gasteiger partial charge in [-0.1, -0.05) is 11.3 Å². The number of rotatable bonds is 2. The molecular formula is C10H7ClFN3OS. The van der Waals surface area contributed by atoms with Crippen LogP contribution in [-0.2, 0) is 0 Å². The Kier molecular flexibility index (Phi) is 3.35. The van der Waals surface area contributed by atoms with E-state index in [9.17, 15) is 9.18 Å². The SMILES string of the molecule is Cc1cc(F)ccc1NC(=O)c1nnc(Cl)s1. The van der Waals surface area contributed by atoms with E-state index in [1.807, 2.05) is 0 Å². The molecule has 0 saturated carbocycles. The van der Waals surface area contributed by atoms with E-state index in [-0.39, 0.29) is 15.3 Å². The molecule has 88 valence electrons. The number of benzene rings is 1. The molecule has 1 N–H and O–H groups in total. The Bertz CT molecular complexity index is 572. The van der Waals surface area contributed by atoms with E-state index in [1.165, 1.54) is 18.2 Å². The molecule has 4 nitrogen and oxygen atoms in total. The second-order valence-electron chi connectivity index (χ2n) is 3.27. The summed E-state index contributed by atoms with van der Waals surface area (Å²) in [6.45, 7) is 1.70. The van der Waals surface area contributed by atoms with Crippen molar-refractivity contribution in [2.24, 2.45) is 0 Å². The summed E-state index contributed by atoms with van der Waals surface area (Å²) in [4.78, 5) is 11.7. The molecule has 0 unspecified atom stereocenters. The van der Waals surface area contributed by atoms with Gasteiger partial charge in [-0.2, -0.15) is 0 Å². The largest absolute Gasteiger partial charge is 0.320 e. The van der Waals surface area contributed by atoms with Gasteiger partial charge >= 0.3 is 0 Å². The maximum absolute atomic E-state index is 12.9. The maximum Gasteiger partial charge on any atom is 0.286 e. The standard InChI is InChI=1S/C10H7ClFN3OS/c1-5-4-6(12)2-3-7(5)13-8(16)9-14-15-10(11)17-9/h2-4H,1H3,(H,13,16). The smallest absolute Gasteiger partial charge is 0.286 e. The van der Waals surface area contributed by atoms with Gasteiger partial charge in [0.2, 0.25) is 9.47 Å². The van der Waals surface area contributed by atoms with E-state index in [2.05, 4.69) is 15.5 Å². The van der Waals surface area contributed by atoms with Crippen molar-refractivity contribution in [2.45, 2.75) is 6.92 Å². The van der Waals surface area contributed by atoms with E-state index < -0.39 is 5.91 Å². The molecule has 2 aromatic rings. The van der Waals surface area contributed by atoms with Crippen LogP contribution < -0.4 is 5.32 Å². The van der Waals surface area contributed by atoms with Crippen LogP contribution in [0.5, 0.6) is 0 Å². The predicted molar refractivity (Wildman–Crippen MR) is 64.0 cm³/mol. The monoisotopic (exact) mass is 271 g/mol. The number of nitrogens with zero attached hydrogens (tertiary/aromatic N) is 2. The summed E-state index contributed by atoms with van der Waals surface area (Å²) in [7, 11) is 0. The molecule has 0 spiro atoms. The zero-order valence-electron chi connectivity index (χ0n) is 8.70. The first kappa shape index (κ1) is 11.9. The minimum absolute atomic E-state index is 0.165. The van der Waals surface area contributed by atoms with Crippen molar-refractivity contribution in [3.05, 3.63) is 39.1 Å². The number of carbonyl (C=O) groups excluding carboxylic acids is 1. The zero-order chi connectivity index (χ0) is 12.4. The molecule has 0 atom stereocenters. The summed E-state index contributed by atoms with van der Waals surface area (Å²) >= 11 is 6.56. The first-order chi connectivity index (χ1) is 8.06. The van der Waals surface area contributed by atoms with E-state index in [1.54, 1.807) is 6.92 Å². The molecule has 7 heteroatoms. The van der Waals surface area contributed by atoms with Crippen molar-refractivity contribution >= 4 is 34.5 Å². The van der Waals surface area contributed by atoms with Crippen molar-refractivity contribution in [2.75, 3.05) is 5.32 Å². The van der Waals surface area contributed by atoms with E-state index in [0.29, 0.717) is 11.3 Å². The molecule has 0 fully saturated rings. The van der Waals surface area contributed by atoms with Crippen LogP contribution in [-0.4, -0.2) is 16.1 Å². The molecule has 0 radical (unpaired) electrons. The summed E-state index contributed by atoms with van der Waals surface area (Å²) in [5.74, 6) is -0.761. The molecule has 0 aliphatic heterocycles. The summed E-state index contributed by atoms with van der Waals surface area (Å²) < 4.78 is 13.1. The third-order valence-electron chi connectivity index (χ3n) is 2.03. The van der Waals surface area contributed by atoms with Gasteiger partial charge in [0.1, 0.15) is 5.82 Å². The molecule has 0 aliphatic carbocycles. The lowest BCUT2D eigenvalue weighted by atomic mass is 10.2. The molecule has 1 amide bonds. The summed E-state index contributed by atoms with van der Waals surface area (Å²) in [6.07, 6.45) is 0. The zero-order valence-corrected chi connectivity index (χ0v) is 10.3. The topological polar surface area (TPSA) is 54.9 Å². The van der Waals surface area contributed by atoms with Crippen LogP contribution in [0.2, 0.25) is 4.47 Å². The van der Waals surface area contributed by atoms with Gasteiger partial charge in [-0.15, -0.1) is 10.2 Å². The Morgan fingerprint density at radius 3 is 2.82 bits per heavy atom. The first-order valence-electron chi connectivity index (χ1n) is 4.63. The lowest BCUT2D eigenvalue weighted by Gasteiger charge is -2.06. The van der Waals surface area contributed by atoms with Gasteiger partial charge in [-0.25, -0.2) is 4.39 Å². The van der Waals surface area contributed by atoms with Gasteiger partial charge in [0, 0.05) is 5.69 Å². The van der Waals surface area contributed by atoms with Crippen molar-refractivity contribution in [3.63, 3.8) is 0 Å². The van der Waals surface area contributed by atoms with Crippen molar-refractivity contribution < 1.29 is 9.18 Å². The van der Waals surface area contributed by atoms with Gasteiger partial charge < -0.3 is 5.32 Å². The fourth-order valence-corrected chi connectivity index (χ4v) is 1.96. The number of hydrogen-bond donors (Lipinski definition) is 1. The first-order valence-corrected chi connectivity index (χ1v) is 5.82. The van der Waals surface area contributed by atoms with Crippen LogP contribution in [0, 0.1) is 12.7 Å². The predicted octanol–water partition coefficient (Wildman–Crippen LogP) is 2.89. The van der Waals surface area contributed by atoms with E-state index >= 15 is 0 Å². The lowest BCUT2D eigenvalue weighted by Crippen LogP contribution is -2.12. The number of halogens is 2. The molecule has 0 aliphatic rings. The van der Waals surface area contributed by atoms with Crippen molar-refractivity contribution in [1.29, 1.82) is 0 Å². The molecule has 1 heterocycles. The van der Waals surface area contributed by atoms with Crippen molar-refractivity contribution in [1.82, 2.24) is 10.2 Å². The second-order valence-corrected chi connectivity index (χ2v) is 4.83. The maximum atomic E-state index is 12.9. The number of hydrogen-bond acceptors (Lipinski definition) is 4. The molecule has 1 aromatic carbocycles. The van der Waals surface area contributed by atoms with Crippen LogP contribution in [0.25, 0.3) is 0 Å². The Balaban J connectivity index is 2.18. The number of aromatic nitrogens is 2. The number of carbonyl (C=O) groups is 1. The Morgan fingerprint density at radius 2 is 2.24 bits per heavy atom. The normalized spacial score (nSPS) is 10.3. The van der Waals surface area contributed by atoms with Crippen LogP contribution in [0.15, 0.2) is 18.2 Å². The third-order valence-corrected chi connectivity index (χ3v) is 3.05. The molecule has 0 bridgehead atoms. The number of amides is 1. The molecule has 1 aromatic heterocycles. The fourth-order valence-electron chi connectivity index (χ4n) is 1.24. The summed E-state index contributed by atoms with van der Waals surface area (Å²) in [5.41, 5.74) is 1.16. The van der Waals surface area contributed by atoms with Gasteiger partial charge in [-0.05, 0) is 42.3 Å². The minimum Gasteiger partial charge on any atom is -0.320 e. The van der Waals surface area contributed by atoms with Crippen LogP contribution in [0.4, 0.5) is 10.1 Å². The van der Waals surface area contributed by atoms with E-state index in [4.69, 9.17) is 11.6 Å². The highest BCUT2D eigenvalue weighted by molar-refractivity contribution is 7.17. The number of nitrogens with one attached hydrogen (secondary N) is 1. The molecule has 2 rings (SSSR count). The van der Waals surface area contributed by atoms with Crippen LogP contribution in [0.1, 0.15) is 15.4 Å². The van der Waals surface area contributed by atoms with Crippen LogP contribution in [0.3, 0.4) is 0 Å². The summed E-state index contributed by atoms with van der Waals surface area (Å²) in [5, 5.41) is 9.91. The van der Waals surface area contributed by atoms with Gasteiger partial charge in [-0.3, -0.25) is 4.79 Å². The van der Waals surface area contributed by atoms with Crippen molar-refractivity contribution in [3.8, 4) is 0 Å². The molecule has 17 heavy (non-hydrogen) atoms. The lowest BCUT2D eigenvalue weighted by molar-refractivity contribution is 0.102. The van der Waals surface area contributed by atoms with Gasteiger partial charge in [0.05, 0.1) is 0 Å². The average Bonchev–Trinajstić information content (AvgIpc) is 2.69. The van der Waals surface area contributed by atoms with Gasteiger partial charge in [0.15, 0.2) is 0 Å². The number of aryl methyl sites for hydroxylation is 1. The Labute approximate surface area is 105 Å². The van der Waals surface area contributed by atoms with E-state index in [0.717, 1.165) is 11.3 Å². The minimum atomic E-state index is -0.413. The number of anilines is 1. The highest BCUT2D eigenvalue weighted by Gasteiger charge is 2.13. The molecular weight excluding hydrogens is 265 g/mol. The second kappa shape index (κ2) is 4.77.